The topological polar surface area (TPSA) is 6.48 Å². The van der Waals surface area contributed by atoms with Crippen LogP contribution in [0, 0.1) is 0 Å². The molecule has 8 rings (SSSR count). The van der Waals surface area contributed by atoms with Crippen molar-refractivity contribution < 1.29 is 0 Å². The lowest BCUT2D eigenvalue weighted by Crippen LogP contribution is -2.28. The molecule has 2 heteroatoms. The Morgan fingerprint density at radius 2 is 0.864 bits per heavy atom. The number of anilines is 5. The van der Waals surface area contributed by atoms with Crippen molar-refractivity contribution in [3.05, 3.63) is 188 Å². The predicted molar refractivity (Wildman–Crippen MR) is 185 cm³/mol. The molecule has 2 atom stereocenters. The Morgan fingerprint density at radius 3 is 1.43 bits per heavy atom. The Bertz CT molecular complexity index is 1860. The highest BCUT2D eigenvalue weighted by atomic mass is 15.2. The van der Waals surface area contributed by atoms with Crippen LogP contribution in [0.1, 0.15) is 11.5 Å². The van der Waals surface area contributed by atoms with Crippen LogP contribution in [-0.4, -0.2) is 6.04 Å². The lowest BCUT2D eigenvalue weighted by Gasteiger charge is -2.30. The normalized spacial score (nSPS) is 16.4. The van der Waals surface area contributed by atoms with Crippen LogP contribution in [-0.2, 0) is 0 Å². The van der Waals surface area contributed by atoms with Crippen molar-refractivity contribution >= 4 is 28.4 Å². The molecule has 1 aliphatic heterocycles. The second kappa shape index (κ2) is 11.2. The van der Waals surface area contributed by atoms with Gasteiger partial charge in [-0.25, -0.2) is 0 Å². The molecule has 0 amide bonds. The second-order valence-corrected chi connectivity index (χ2v) is 11.4. The molecule has 0 bridgehead atoms. The fourth-order valence-corrected chi connectivity index (χ4v) is 6.67. The van der Waals surface area contributed by atoms with Gasteiger partial charge in [0.15, 0.2) is 0 Å². The zero-order valence-corrected chi connectivity index (χ0v) is 24.4. The maximum Gasteiger partial charge on any atom is 0.0629 e. The van der Waals surface area contributed by atoms with Crippen molar-refractivity contribution in [1.29, 1.82) is 0 Å². The number of para-hydroxylation sites is 1. The molecular weight excluding hydrogens is 532 g/mol. The number of hydrogen-bond donors (Lipinski definition) is 0. The molecular formula is C42H32N2. The molecule has 1 heterocycles. The molecule has 1 aliphatic carbocycles. The average molecular weight is 565 g/mol. The molecule has 44 heavy (non-hydrogen) atoms. The molecule has 6 aromatic carbocycles. The summed E-state index contributed by atoms with van der Waals surface area (Å²) in [5.74, 6) is 0.374. The quantitative estimate of drug-likeness (QED) is 0.198. The Kier molecular flexibility index (Phi) is 6.66. The zero-order valence-electron chi connectivity index (χ0n) is 24.4. The first-order valence-corrected chi connectivity index (χ1v) is 15.3. The van der Waals surface area contributed by atoms with Crippen LogP contribution in [0.15, 0.2) is 182 Å². The van der Waals surface area contributed by atoms with Crippen molar-refractivity contribution in [2.75, 3.05) is 9.80 Å². The van der Waals surface area contributed by atoms with Gasteiger partial charge >= 0.3 is 0 Å². The minimum absolute atomic E-state index is 0.287. The summed E-state index contributed by atoms with van der Waals surface area (Å²) in [5, 5.41) is 0. The molecule has 0 saturated heterocycles. The largest absolute Gasteiger partial charge is 0.333 e. The van der Waals surface area contributed by atoms with Gasteiger partial charge in [0.25, 0.3) is 0 Å². The van der Waals surface area contributed by atoms with Crippen LogP contribution in [0.3, 0.4) is 0 Å². The number of allylic oxidation sites excluding steroid dienone is 2. The van der Waals surface area contributed by atoms with Gasteiger partial charge in [-0.15, -0.1) is 0 Å². The van der Waals surface area contributed by atoms with Crippen LogP contribution in [0.5, 0.6) is 0 Å². The lowest BCUT2D eigenvalue weighted by atomic mass is 9.91. The number of benzene rings is 6. The van der Waals surface area contributed by atoms with Gasteiger partial charge in [0.1, 0.15) is 0 Å². The number of fused-ring (bicyclic) bond motifs is 3. The zero-order chi connectivity index (χ0) is 29.3. The highest BCUT2D eigenvalue weighted by Crippen LogP contribution is 2.48. The summed E-state index contributed by atoms with van der Waals surface area (Å²) in [7, 11) is 0. The SMILES string of the molecule is C1=CC2c3ccccc3N(c3ccc(N(c4ccc(-c5ccccc5)cc4)c4ccc(-c5ccccc5)cc4)cc3)C2C=C1. The summed E-state index contributed by atoms with van der Waals surface area (Å²) in [6.07, 6.45) is 9.01. The van der Waals surface area contributed by atoms with Gasteiger partial charge in [-0.2, -0.15) is 0 Å². The van der Waals surface area contributed by atoms with Crippen LogP contribution in [0.25, 0.3) is 22.3 Å². The van der Waals surface area contributed by atoms with Crippen molar-refractivity contribution in [3.63, 3.8) is 0 Å². The van der Waals surface area contributed by atoms with E-state index in [2.05, 4.69) is 192 Å². The smallest absolute Gasteiger partial charge is 0.0629 e. The molecule has 0 N–H and O–H groups in total. The van der Waals surface area contributed by atoms with Gasteiger partial charge in [-0.3, -0.25) is 0 Å². The number of hydrogen-bond acceptors (Lipinski definition) is 2. The molecule has 0 radical (unpaired) electrons. The Hall–Kier alpha value is -5.60. The van der Waals surface area contributed by atoms with E-state index in [4.69, 9.17) is 0 Å². The van der Waals surface area contributed by atoms with Gasteiger partial charge in [-0.05, 0) is 82.4 Å². The monoisotopic (exact) mass is 564 g/mol. The van der Waals surface area contributed by atoms with Gasteiger partial charge in [0.2, 0.25) is 0 Å². The highest BCUT2D eigenvalue weighted by Gasteiger charge is 2.36. The predicted octanol–water partition coefficient (Wildman–Crippen LogP) is 11.2. The van der Waals surface area contributed by atoms with E-state index in [0.717, 1.165) is 17.1 Å². The number of rotatable bonds is 6. The summed E-state index contributed by atoms with van der Waals surface area (Å²) >= 11 is 0. The van der Waals surface area contributed by atoms with Crippen molar-refractivity contribution in [2.24, 2.45) is 0 Å². The fourth-order valence-electron chi connectivity index (χ4n) is 6.67. The molecule has 2 aliphatic rings. The van der Waals surface area contributed by atoms with E-state index in [0.29, 0.717) is 5.92 Å². The number of nitrogens with zero attached hydrogens (tertiary/aromatic N) is 2. The van der Waals surface area contributed by atoms with E-state index in [1.165, 1.54) is 39.2 Å². The lowest BCUT2D eigenvalue weighted by molar-refractivity contribution is 0.745. The second-order valence-electron chi connectivity index (χ2n) is 11.4. The highest BCUT2D eigenvalue weighted by molar-refractivity contribution is 5.82. The standard InChI is InChI=1S/C42H32N2/c1-3-11-31(12-4-1)33-19-23-35(24-20-33)43(36-25-21-34(22-26-36)32-13-5-2-6-14-32)37-27-29-38(30-28-37)44-41-17-9-7-15-39(41)40-16-8-10-18-42(40)44/h1-30,39,41H. The molecule has 0 spiro atoms. The van der Waals surface area contributed by atoms with Crippen LogP contribution in [0.4, 0.5) is 28.4 Å². The Morgan fingerprint density at radius 1 is 0.409 bits per heavy atom. The van der Waals surface area contributed by atoms with E-state index in [1.54, 1.807) is 0 Å². The molecule has 0 aromatic heterocycles. The van der Waals surface area contributed by atoms with E-state index in [-0.39, 0.29) is 6.04 Å². The first kappa shape index (κ1) is 26.1. The first-order valence-electron chi connectivity index (χ1n) is 15.3. The first-order chi connectivity index (χ1) is 21.8. The van der Waals surface area contributed by atoms with Crippen LogP contribution < -0.4 is 9.80 Å². The maximum absolute atomic E-state index is 2.48. The fraction of sp³-hybridized carbons (Fsp3) is 0.0476. The summed E-state index contributed by atoms with van der Waals surface area (Å²) in [5.41, 5.74) is 12.1. The Balaban J connectivity index is 1.17. The molecule has 210 valence electrons. The molecule has 6 aromatic rings. The third kappa shape index (κ3) is 4.71. The van der Waals surface area contributed by atoms with E-state index < -0.39 is 0 Å². The third-order valence-corrected chi connectivity index (χ3v) is 8.81. The van der Waals surface area contributed by atoms with Crippen molar-refractivity contribution in [3.8, 4) is 22.3 Å². The molecule has 2 nitrogen and oxygen atoms in total. The minimum Gasteiger partial charge on any atom is -0.333 e. The van der Waals surface area contributed by atoms with E-state index >= 15 is 0 Å². The summed E-state index contributed by atoms with van der Waals surface area (Å²) in [6, 6.07) is 57.0. The molecule has 0 saturated carbocycles. The molecule has 2 unspecified atom stereocenters. The maximum atomic E-state index is 2.48. The van der Waals surface area contributed by atoms with Gasteiger partial charge in [-0.1, -0.05) is 127 Å². The molecule has 0 fully saturated rings. The van der Waals surface area contributed by atoms with Gasteiger partial charge in [0.05, 0.1) is 6.04 Å². The summed E-state index contributed by atoms with van der Waals surface area (Å²) < 4.78 is 0. The van der Waals surface area contributed by atoms with Crippen LogP contribution in [0.2, 0.25) is 0 Å². The van der Waals surface area contributed by atoms with Gasteiger partial charge < -0.3 is 9.80 Å². The third-order valence-electron chi connectivity index (χ3n) is 8.81. The summed E-state index contributed by atoms with van der Waals surface area (Å²) in [4.78, 5) is 4.83. The minimum atomic E-state index is 0.287. The van der Waals surface area contributed by atoms with E-state index in [9.17, 15) is 0 Å². The van der Waals surface area contributed by atoms with Crippen molar-refractivity contribution in [2.45, 2.75) is 12.0 Å². The Labute approximate surface area is 259 Å². The van der Waals surface area contributed by atoms with Gasteiger partial charge in [0, 0.05) is 34.4 Å². The summed E-state index contributed by atoms with van der Waals surface area (Å²) in [6.45, 7) is 0. The van der Waals surface area contributed by atoms with Crippen LogP contribution >= 0.6 is 0 Å². The van der Waals surface area contributed by atoms with E-state index in [1.807, 2.05) is 0 Å². The van der Waals surface area contributed by atoms with Crippen molar-refractivity contribution in [1.82, 2.24) is 0 Å². The average Bonchev–Trinajstić information content (AvgIpc) is 3.45.